The molecule has 2 aromatic rings. The van der Waals surface area contributed by atoms with E-state index in [4.69, 9.17) is 10.8 Å². The summed E-state index contributed by atoms with van der Waals surface area (Å²) in [6.45, 7) is 0.344. The van der Waals surface area contributed by atoms with E-state index in [0.29, 0.717) is 18.0 Å². The van der Waals surface area contributed by atoms with Crippen molar-refractivity contribution in [2.75, 3.05) is 6.54 Å². The molecule has 0 saturated carbocycles. The predicted molar refractivity (Wildman–Crippen MR) is 68.6 cm³/mol. The fourth-order valence-corrected chi connectivity index (χ4v) is 1.49. The van der Waals surface area contributed by atoms with Gasteiger partial charge in [0.2, 0.25) is 5.78 Å². The lowest BCUT2D eigenvalue weighted by Crippen LogP contribution is -2.14. The summed E-state index contributed by atoms with van der Waals surface area (Å²) in [4.78, 5) is 14.9. The zero-order chi connectivity index (χ0) is 12.8. The lowest BCUT2D eigenvalue weighted by molar-refractivity contribution is 0.102. The normalized spacial score (nSPS) is 10.9. The third kappa shape index (κ3) is 2.71. The summed E-state index contributed by atoms with van der Waals surface area (Å²) in [5.74, 6) is 2.55. The summed E-state index contributed by atoms with van der Waals surface area (Å²) in [6, 6.07) is 6.99. The number of aromatic nitrogens is 1. The average molecular weight is 240 g/mol. The Morgan fingerprint density at radius 3 is 3.00 bits per heavy atom. The number of rotatable bonds is 5. The van der Waals surface area contributed by atoms with Gasteiger partial charge in [-0.15, -0.1) is 6.42 Å². The van der Waals surface area contributed by atoms with E-state index in [9.17, 15) is 4.79 Å². The number of hydrogen-bond acceptors (Lipinski definition) is 3. The van der Waals surface area contributed by atoms with E-state index in [1.54, 1.807) is 18.3 Å². The van der Waals surface area contributed by atoms with Crippen LogP contribution in [-0.4, -0.2) is 17.3 Å². The van der Waals surface area contributed by atoms with Crippen LogP contribution in [0.15, 0.2) is 47.2 Å². The first kappa shape index (κ1) is 11.8. The highest BCUT2D eigenvalue weighted by atomic mass is 16.3. The van der Waals surface area contributed by atoms with Crippen molar-refractivity contribution in [3.63, 3.8) is 0 Å². The number of carbonyl (C=O) groups is 1. The third-order valence-electron chi connectivity index (χ3n) is 2.31. The molecule has 0 atom stereocenters. The maximum atomic E-state index is 11.9. The van der Waals surface area contributed by atoms with Gasteiger partial charge in [-0.2, -0.15) is 0 Å². The fraction of sp³-hybridized carbons (Fsp3) is 0.0714. The first-order valence-corrected chi connectivity index (χ1v) is 5.42. The van der Waals surface area contributed by atoms with Crippen LogP contribution in [0.2, 0.25) is 0 Å². The minimum atomic E-state index is -0.214. The van der Waals surface area contributed by atoms with Crippen LogP contribution >= 0.6 is 0 Å². The first-order chi connectivity index (χ1) is 8.81. The van der Waals surface area contributed by atoms with Crippen LogP contribution in [0.4, 0.5) is 0 Å². The van der Waals surface area contributed by atoms with E-state index in [1.165, 1.54) is 12.3 Å². The monoisotopic (exact) mass is 240 g/mol. The Hall–Kier alpha value is -2.67. The SMILES string of the molecule is C#CCN/C(=C\C(=O)c1ccco1)c1ccc[nH]1. The van der Waals surface area contributed by atoms with Gasteiger partial charge in [-0.25, -0.2) is 0 Å². The van der Waals surface area contributed by atoms with E-state index >= 15 is 0 Å². The second-order valence-electron chi connectivity index (χ2n) is 3.54. The van der Waals surface area contributed by atoms with Crippen molar-refractivity contribution in [1.29, 1.82) is 0 Å². The largest absolute Gasteiger partial charge is 0.461 e. The molecule has 0 aliphatic carbocycles. The first-order valence-electron chi connectivity index (χ1n) is 5.42. The standard InChI is InChI=1S/C14H12N2O2/c1-2-7-15-12(11-5-3-8-16-11)10-13(17)14-6-4-9-18-14/h1,3-6,8-10,15-16H,7H2/b12-10-. The second kappa shape index (κ2) is 5.60. The summed E-state index contributed by atoms with van der Waals surface area (Å²) in [6.07, 6.45) is 9.90. The van der Waals surface area contributed by atoms with Crippen molar-refractivity contribution in [1.82, 2.24) is 10.3 Å². The summed E-state index contributed by atoms with van der Waals surface area (Å²) in [7, 11) is 0. The Morgan fingerprint density at radius 2 is 2.39 bits per heavy atom. The number of terminal acetylenes is 1. The molecule has 0 saturated heterocycles. The van der Waals surface area contributed by atoms with Crippen LogP contribution in [0.3, 0.4) is 0 Å². The third-order valence-corrected chi connectivity index (χ3v) is 2.31. The van der Waals surface area contributed by atoms with E-state index < -0.39 is 0 Å². The molecule has 0 spiro atoms. The number of nitrogens with one attached hydrogen (secondary N) is 2. The molecule has 4 nitrogen and oxygen atoms in total. The number of carbonyl (C=O) groups excluding carboxylic acids is 1. The van der Waals surface area contributed by atoms with Crippen molar-refractivity contribution >= 4 is 11.5 Å². The van der Waals surface area contributed by atoms with Crippen LogP contribution in [0.1, 0.15) is 16.2 Å². The number of aromatic amines is 1. The average Bonchev–Trinajstić information content (AvgIpc) is 3.04. The van der Waals surface area contributed by atoms with Gasteiger partial charge < -0.3 is 14.7 Å². The van der Waals surface area contributed by atoms with Gasteiger partial charge in [-0.3, -0.25) is 4.79 Å². The molecule has 0 aliphatic rings. The fourth-order valence-electron chi connectivity index (χ4n) is 1.49. The molecule has 2 aromatic heterocycles. The topological polar surface area (TPSA) is 58.0 Å². The second-order valence-corrected chi connectivity index (χ2v) is 3.54. The Balaban J connectivity index is 2.24. The number of H-pyrrole nitrogens is 1. The van der Waals surface area contributed by atoms with Gasteiger partial charge in [-0.1, -0.05) is 5.92 Å². The molecular formula is C14H12N2O2. The highest BCUT2D eigenvalue weighted by molar-refractivity contribution is 6.06. The number of allylic oxidation sites excluding steroid dienone is 1. The van der Waals surface area contributed by atoms with Crippen LogP contribution in [0.5, 0.6) is 0 Å². The molecule has 0 unspecified atom stereocenters. The van der Waals surface area contributed by atoms with Crippen LogP contribution in [0.25, 0.3) is 5.70 Å². The van der Waals surface area contributed by atoms with Gasteiger partial charge in [0.15, 0.2) is 5.76 Å². The molecule has 2 N–H and O–H groups in total. The van der Waals surface area contributed by atoms with Gasteiger partial charge in [0, 0.05) is 12.3 Å². The van der Waals surface area contributed by atoms with Crippen LogP contribution in [0, 0.1) is 12.3 Å². The van der Waals surface area contributed by atoms with Crippen molar-refractivity contribution in [3.8, 4) is 12.3 Å². The van der Waals surface area contributed by atoms with Gasteiger partial charge in [0.1, 0.15) is 0 Å². The zero-order valence-electron chi connectivity index (χ0n) is 9.64. The minimum absolute atomic E-state index is 0.214. The van der Waals surface area contributed by atoms with Gasteiger partial charge >= 0.3 is 0 Å². The van der Waals surface area contributed by atoms with Crippen LogP contribution in [-0.2, 0) is 0 Å². The highest BCUT2D eigenvalue weighted by Gasteiger charge is 2.09. The molecule has 0 radical (unpaired) electrons. The van der Waals surface area contributed by atoms with Crippen molar-refractivity contribution in [2.45, 2.75) is 0 Å². The molecule has 4 heteroatoms. The quantitative estimate of drug-likeness (QED) is 0.478. The smallest absolute Gasteiger partial charge is 0.223 e. The molecule has 0 fully saturated rings. The van der Waals surface area contributed by atoms with Gasteiger partial charge in [0.05, 0.1) is 24.2 Å². The summed E-state index contributed by atoms with van der Waals surface area (Å²) >= 11 is 0. The molecular weight excluding hydrogens is 228 g/mol. The Labute approximate surface area is 105 Å². The Bertz CT molecular complexity index is 572. The maximum Gasteiger partial charge on any atom is 0.223 e. The number of hydrogen-bond donors (Lipinski definition) is 2. The predicted octanol–water partition coefficient (Wildman–Crippen LogP) is 2.05. The molecule has 0 amide bonds. The van der Waals surface area contributed by atoms with E-state index in [-0.39, 0.29) is 5.78 Å². The van der Waals surface area contributed by atoms with Crippen LogP contribution < -0.4 is 5.32 Å². The Kier molecular flexibility index (Phi) is 3.67. The lowest BCUT2D eigenvalue weighted by Gasteiger charge is -2.06. The molecule has 0 aliphatic heterocycles. The molecule has 2 heterocycles. The van der Waals surface area contributed by atoms with E-state index in [2.05, 4.69) is 16.2 Å². The maximum absolute atomic E-state index is 11.9. The molecule has 0 aromatic carbocycles. The number of furan rings is 1. The summed E-state index contributed by atoms with van der Waals surface area (Å²) in [5.41, 5.74) is 1.43. The lowest BCUT2D eigenvalue weighted by atomic mass is 10.2. The van der Waals surface area contributed by atoms with Gasteiger partial charge in [-0.05, 0) is 24.3 Å². The number of ketones is 1. The Morgan fingerprint density at radius 1 is 1.50 bits per heavy atom. The molecule has 2 rings (SSSR count). The minimum Gasteiger partial charge on any atom is -0.461 e. The molecule has 90 valence electrons. The van der Waals surface area contributed by atoms with E-state index in [0.717, 1.165) is 5.69 Å². The summed E-state index contributed by atoms with van der Waals surface area (Å²) in [5, 5.41) is 3.00. The molecule has 0 bridgehead atoms. The van der Waals surface area contributed by atoms with Gasteiger partial charge in [0.25, 0.3) is 0 Å². The summed E-state index contributed by atoms with van der Waals surface area (Å²) < 4.78 is 5.05. The van der Waals surface area contributed by atoms with Crippen molar-refractivity contribution in [2.24, 2.45) is 0 Å². The molecule has 18 heavy (non-hydrogen) atoms. The highest BCUT2D eigenvalue weighted by Crippen LogP contribution is 2.11. The van der Waals surface area contributed by atoms with Crippen molar-refractivity contribution < 1.29 is 9.21 Å². The van der Waals surface area contributed by atoms with E-state index in [1.807, 2.05) is 12.1 Å². The van der Waals surface area contributed by atoms with Crippen molar-refractivity contribution in [3.05, 3.63) is 54.3 Å². The zero-order valence-corrected chi connectivity index (χ0v) is 9.64.